The van der Waals surface area contributed by atoms with Crippen molar-refractivity contribution in [2.24, 2.45) is 0 Å². The van der Waals surface area contributed by atoms with Crippen LogP contribution in [-0.2, 0) is 4.79 Å². The Morgan fingerprint density at radius 1 is 0.895 bits per heavy atom. The molecule has 0 atom stereocenters. The fourth-order valence-electron chi connectivity index (χ4n) is 1.54. The molecule has 0 aliphatic heterocycles. The Morgan fingerprint density at radius 2 is 1.53 bits per heavy atom. The van der Waals surface area contributed by atoms with Gasteiger partial charge in [-0.15, -0.1) is 0 Å². The highest BCUT2D eigenvalue weighted by Crippen LogP contribution is 2.24. The maximum atomic E-state index is 11.0. The summed E-state index contributed by atoms with van der Waals surface area (Å²) in [6, 6.07) is 19.9. The van der Waals surface area contributed by atoms with Gasteiger partial charge in [-0.05, 0) is 23.8 Å². The standard InChI is InChI=1S/C17H14OS/c18-14-17(19-16-11-5-2-6-12-16)13-7-10-15-8-3-1-4-9-15/h1-14H/b10-7+,17-13-. The molecule has 0 aliphatic rings. The SMILES string of the molecule is O=C/C(=C/C=C/c1ccccc1)Sc1ccccc1. The maximum absolute atomic E-state index is 11.0. The van der Waals surface area contributed by atoms with Crippen LogP contribution in [0.15, 0.2) is 82.6 Å². The van der Waals surface area contributed by atoms with Gasteiger partial charge in [0.05, 0.1) is 4.91 Å². The molecular weight excluding hydrogens is 252 g/mol. The first kappa shape index (κ1) is 13.4. The molecule has 0 saturated heterocycles. The molecule has 2 aromatic carbocycles. The lowest BCUT2D eigenvalue weighted by molar-refractivity contribution is -0.104. The highest BCUT2D eigenvalue weighted by molar-refractivity contribution is 8.03. The summed E-state index contributed by atoms with van der Waals surface area (Å²) < 4.78 is 0. The zero-order chi connectivity index (χ0) is 13.3. The number of aldehydes is 1. The molecule has 0 spiro atoms. The van der Waals surface area contributed by atoms with E-state index in [2.05, 4.69) is 0 Å². The number of carbonyl (C=O) groups excluding carboxylic acids is 1. The first-order chi connectivity index (χ1) is 9.38. The van der Waals surface area contributed by atoms with Crippen LogP contribution in [0.4, 0.5) is 0 Å². The Balaban J connectivity index is 2.04. The average Bonchev–Trinajstić information content (AvgIpc) is 2.48. The number of benzene rings is 2. The van der Waals surface area contributed by atoms with Crippen molar-refractivity contribution >= 4 is 24.1 Å². The van der Waals surface area contributed by atoms with E-state index in [-0.39, 0.29) is 0 Å². The lowest BCUT2D eigenvalue weighted by atomic mass is 10.2. The van der Waals surface area contributed by atoms with Gasteiger partial charge in [0.2, 0.25) is 0 Å². The van der Waals surface area contributed by atoms with E-state index < -0.39 is 0 Å². The van der Waals surface area contributed by atoms with Gasteiger partial charge >= 0.3 is 0 Å². The first-order valence-corrected chi connectivity index (χ1v) is 6.81. The summed E-state index contributed by atoms with van der Waals surface area (Å²) in [6.07, 6.45) is 6.59. The molecule has 0 bridgehead atoms. The normalized spacial score (nSPS) is 11.7. The van der Waals surface area contributed by atoms with Crippen LogP contribution < -0.4 is 0 Å². The Morgan fingerprint density at radius 3 is 2.16 bits per heavy atom. The monoisotopic (exact) mass is 266 g/mol. The zero-order valence-electron chi connectivity index (χ0n) is 10.4. The average molecular weight is 266 g/mol. The van der Waals surface area contributed by atoms with E-state index in [1.54, 1.807) is 0 Å². The molecule has 94 valence electrons. The van der Waals surface area contributed by atoms with E-state index in [1.165, 1.54) is 11.8 Å². The molecule has 0 N–H and O–H groups in total. The summed E-state index contributed by atoms with van der Waals surface area (Å²) in [5.74, 6) is 0. The second-order valence-corrected chi connectivity index (χ2v) is 5.02. The molecule has 0 saturated carbocycles. The van der Waals surface area contributed by atoms with E-state index in [0.717, 1.165) is 16.7 Å². The van der Waals surface area contributed by atoms with Gasteiger partial charge in [-0.3, -0.25) is 4.79 Å². The molecular formula is C17H14OS. The third-order valence-corrected chi connectivity index (χ3v) is 3.42. The molecule has 0 aromatic heterocycles. The van der Waals surface area contributed by atoms with Crippen molar-refractivity contribution in [3.05, 3.63) is 83.3 Å². The Bertz CT molecular complexity index is 571. The summed E-state index contributed by atoms with van der Waals surface area (Å²) in [5, 5.41) is 0. The van der Waals surface area contributed by atoms with Gasteiger partial charge in [0.15, 0.2) is 6.29 Å². The molecule has 0 unspecified atom stereocenters. The second-order valence-electron chi connectivity index (χ2n) is 3.87. The van der Waals surface area contributed by atoms with Gasteiger partial charge in [0, 0.05) is 4.90 Å². The Labute approximate surface area is 117 Å². The van der Waals surface area contributed by atoms with Crippen LogP contribution in [0.1, 0.15) is 5.56 Å². The fraction of sp³-hybridized carbons (Fsp3) is 0. The van der Waals surface area contributed by atoms with E-state index in [9.17, 15) is 4.79 Å². The largest absolute Gasteiger partial charge is 0.297 e. The molecule has 2 aromatic rings. The fourth-order valence-corrected chi connectivity index (χ4v) is 2.30. The van der Waals surface area contributed by atoms with Crippen molar-refractivity contribution in [1.82, 2.24) is 0 Å². The highest BCUT2D eigenvalue weighted by Gasteiger charge is 1.97. The number of rotatable bonds is 5. The van der Waals surface area contributed by atoms with Gasteiger partial charge < -0.3 is 0 Å². The summed E-state index contributed by atoms with van der Waals surface area (Å²) >= 11 is 1.47. The molecule has 1 nitrogen and oxygen atoms in total. The lowest BCUT2D eigenvalue weighted by Crippen LogP contribution is -1.78. The van der Waals surface area contributed by atoms with Crippen LogP contribution in [0.3, 0.4) is 0 Å². The van der Waals surface area contributed by atoms with Crippen LogP contribution in [0, 0.1) is 0 Å². The summed E-state index contributed by atoms with van der Waals surface area (Å²) in [7, 11) is 0. The van der Waals surface area contributed by atoms with E-state index >= 15 is 0 Å². The van der Waals surface area contributed by atoms with Crippen molar-refractivity contribution in [3.8, 4) is 0 Å². The van der Waals surface area contributed by atoms with Gasteiger partial charge in [-0.25, -0.2) is 0 Å². The number of hydrogen-bond donors (Lipinski definition) is 0. The topological polar surface area (TPSA) is 17.1 Å². The molecule has 0 amide bonds. The van der Waals surface area contributed by atoms with Crippen LogP contribution in [0.25, 0.3) is 6.08 Å². The first-order valence-electron chi connectivity index (χ1n) is 6.00. The number of carbonyl (C=O) groups is 1. The third kappa shape index (κ3) is 4.60. The molecule has 0 heterocycles. The Hall–Kier alpha value is -2.06. The molecule has 2 heteroatoms. The lowest BCUT2D eigenvalue weighted by Gasteiger charge is -1.98. The Kier molecular flexibility index (Phi) is 5.20. The van der Waals surface area contributed by atoms with Crippen molar-refractivity contribution in [1.29, 1.82) is 0 Å². The minimum Gasteiger partial charge on any atom is -0.297 e. The van der Waals surface area contributed by atoms with Gasteiger partial charge in [0.25, 0.3) is 0 Å². The predicted octanol–water partition coefficient (Wildman–Crippen LogP) is 4.57. The minimum atomic E-state index is 0.693. The second kappa shape index (κ2) is 7.39. The van der Waals surface area contributed by atoms with Crippen LogP contribution >= 0.6 is 11.8 Å². The zero-order valence-corrected chi connectivity index (χ0v) is 11.2. The van der Waals surface area contributed by atoms with Crippen molar-refractivity contribution in [3.63, 3.8) is 0 Å². The van der Waals surface area contributed by atoms with Gasteiger partial charge in [-0.2, -0.15) is 0 Å². The molecule has 0 radical (unpaired) electrons. The van der Waals surface area contributed by atoms with E-state index in [4.69, 9.17) is 0 Å². The van der Waals surface area contributed by atoms with Gasteiger partial charge in [0.1, 0.15) is 0 Å². The summed E-state index contributed by atoms with van der Waals surface area (Å²) in [5.41, 5.74) is 1.12. The van der Waals surface area contributed by atoms with Crippen LogP contribution in [0.5, 0.6) is 0 Å². The summed E-state index contributed by atoms with van der Waals surface area (Å²) in [4.78, 5) is 12.8. The van der Waals surface area contributed by atoms with Gasteiger partial charge in [-0.1, -0.05) is 72.4 Å². The predicted molar refractivity (Wildman–Crippen MR) is 81.9 cm³/mol. The highest BCUT2D eigenvalue weighted by atomic mass is 32.2. The smallest absolute Gasteiger partial charge is 0.156 e. The van der Waals surface area contributed by atoms with E-state index in [1.807, 2.05) is 78.9 Å². The molecule has 0 aliphatic carbocycles. The van der Waals surface area contributed by atoms with Crippen LogP contribution in [0.2, 0.25) is 0 Å². The van der Waals surface area contributed by atoms with Crippen LogP contribution in [-0.4, -0.2) is 6.29 Å². The molecule has 0 fully saturated rings. The summed E-state index contributed by atoms with van der Waals surface area (Å²) in [6.45, 7) is 0. The number of allylic oxidation sites excluding steroid dienone is 3. The maximum Gasteiger partial charge on any atom is 0.156 e. The van der Waals surface area contributed by atoms with E-state index in [0.29, 0.717) is 4.91 Å². The molecule has 19 heavy (non-hydrogen) atoms. The van der Waals surface area contributed by atoms with Crippen molar-refractivity contribution < 1.29 is 4.79 Å². The third-order valence-electron chi connectivity index (χ3n) is 2.44. The minimum absolute atomic E-state index is 0.693. The quantitative estimate of drug-likeness (QED) is 0.341. The molecule has 2 rings (SSSR count). The number of thioether (sulfide) groups is 1. The van der Waals surface area contributed by atoms with Crippen molar-refractivity contribution in [2.75, 3.05) is 0 Å². The number of hydrogen-bond acceptors (Lipinski definition) is 2. The van der Waals surface area contributed by atoms with Crippen molar-refractivity contribution in [2.45, 2.75) is 4.90 Å².